The minimum Gasteiger partial charge on any atom is -0.481 e. The molecule has 178 valence electrons. The number of carbonyl (C=O) groups is 1. The molecule has 0 heterocycles. The number of carbonyl (C=O) groups excluding carboxylic acids is 1. The second-order valence-electron chi connectivity index (χ2n) is 9.72. The van der Waals surface area contributed by atoms with Crippen molar-refractivity contribution < 1.29 is 14.5 Å². The van der Waals surface area contributed by atoms with E-state index in [0.29, 0.717) is 17.0 Å². The number of nitrogens with one attached hydrogen (secondary N) is 1. The lowest BCUT2D eigenvalue weighted by atomic mass is 9.72. The van der Waals surface area contributed by atoms with E-state index in [2.05, 4.69) is 77.0 Å². The maximum absolute atomic E-state index is 12.2. The Morgan fingerprint density at radius 2 is 1.64 bits per heavy atom. The number of ether oxygens (including phenoxy) is 1. The number of benzene rings is 2. The molecule has 7 nitrogen and oxygen atoms in total. The summed E-state index contributed by atoms with van der Waals surface area (Å²) in [6.07, 6.45) is 1.01. The molecule has 0 saturated heterocycles. The lowest BCUT2D eigenvalue weighted by Gasteiger charge is -2.33. The highest BCUT2D eigenvalue weighted by Crippen LogP contribution is 2.42. The van der Waals surface area contributed by atoms with Crippen LogP contribution >= 0.6 is 31.9 Å². The van der Waals surface area contributed by atoms with Crippen molar-refractivity contribution in [2.45, 2.75) is 53.4 Å². The van der Waals surface area contributed by atoms with E-state index in [4.69, 9.17) is 4.74 Å². The Hall–Kier alpha value is -2.26. The van der Waals surface area contributed by atoms with Crippen LogP contribution in [-0.2, 0) is 10.2 Å². The van der Waals surface area contributed by atoms with Crippen LogP contribution in [0.1, 0.15) is 59.1 Å². The fraction of sp³-hybridized carbons (Fsp3) is 0.417. The lowest BCUT2D eigenvalue weighted by Crippen LogP contribution is -2.26. The third-order valence-corrected chi connectivity index (χ3v) is 6.12. The van der Waals surface area contributed by atoms with E-state index in [0.717, 1.165) is 20.9 Å². The number of non-ortho nitro benzene ring substituents is 1. The van der Waals surface area contributed by atoms with Gasteiger partial charge in [-0.1, -0.05) is 34.6 Å². The predicted molar refractivity (Wildman–Crippen MR) is 138 cm³/mol. The number of nitrogens with zero attached hydrogens (tertiary/aromatic N) is 2. The van der Waals surface area contributed by atoms with Gasteiger partial charge < -0.3 is 4.74 Å². The third-order valence-electron chi connectivity index (χ3n) is 4.94. The van der Waals surface area contributed by atoms with Gasteiger partial charge >= 0.3 is 0 Å². The Morgan fingerprint density at radius 3 is 2.12 bits per heavy atom. The smallest absolute Gasteiger partial charge is 0.277 e. The highest BCUT2D eigenvalue weighted by atomic mass is 79.9. The summed E-state index contributed by atoms with van der Waals surface area (Å²) in [6.45, 7) is 12.6. The molecule has 2 rings (SSSR count). The highest BCUT2D eigenvalue weighted by Gasteiger charge is 2.28. The van der Waals surface area contributed by atoms with Gasteiger partial charge in [0.2, 0.25) is 0 Å². The van der Waals surface area contributed by atoms with Gasteiger partial charge in [-0.15, -0.1) is 0 Å². The van der Waals surface area contributed by atoms with Crippen molar-refractivity contribution in [2.24, 2.45) is 10.5 Å². The second kappa shape index (κ2) is 10.8. The second-order valence-corrected chi connectivity index (χ2v) is 11.4. The third kappa shape index (κ3) is 7.92. The van der Waals surface area contributed by atoms with Crippen molar-refractivity contribution in [3.05, 3.63) is 66.6 Å². The van der Waals surface area contributed by atoms with E-state index < -0.39 is 10.8 Å². The number of rotatable bonds is 8. The molecule has 33 heavy (non-hydrogen) atoms. The Labute approximate surface area is 211 Å². The summed E-state index contributed by atoms with van der Waals surface area (Å²) in [5.41, 5.74) is 4.94. The molecule has 0 aromatic heterocycles. The van der Waals surface area contributed by atoms with E-state index in [1.165, 1.54) is 12.1 Å². The summed E-state index contributed by atoms with van der Waals surface area (Å²) in [5, 5.41) is 14.8. The predicted octanol–water partition coefficient (Wildman–Crippen LogP) is 6.75. The summed E-state index contributed by atoms with van der Waals surface area (Å²) < 4.78 is 7.24. The summed E-state index contributed by atoms with van der Waals surface area (Å²) in [5.74, 6) is 0.115. The Balaban J connectivity index is 2.03. The van der Waals surface area contributed by atoms with Gasteiger partial charge in [0.1, 0.15) is 5.75 Å². The molecule has 0 fully saturated rings. The molecule has 0 spiro atoms. The number of halogens is 2. The molecule has 0 aliphatic carbocycles. The van der Waals surface area contributed by atoms with Gasteiger partial charge in [-0.05, 0) is 91.4 Å². The molecule has 0 saturated carbocycles. The molecule has 1 amide bonds. The summed E-state index contributed by atoms with van der Waals surface area (Å²) in [4.78, 5) is 22.5. The van der Waals surface area contributed by atoms with Crippen LogP contribution < -0.4 is 10.2 Å². The summed E-state index contributed by atoms with van der Waals surface area (Å²) >= 11 is 7.13. The fourth-order valence-electron chi connectivity index (χ4n) is 3.72. The Kier molecular flexibility index (Phi) is 8.81. The first-order valence-corrected chi connectivity index (χ1v) is 12.0. The highest BCUT2D eigenvalue weighted by molar-refractivity contribution is 9.11. The standard InChI is InChI=1S/C24H29Br2N3O4/c1-15(16-7-9-18(10-8-16)29(31)32)27-28-21(30)13-33-22-19(25)11-17(12-20(22)26)24(5,6)14-23(2,3)4/h7-12H,13-14H2,1-6H3,(H,28,30)/b27-15+. The molecule has 2 aromatic carbocycles. The number of nitro groups is 1. The first-order chi connectivity index (χ1) is 15.2. The average Bonchev–Trinajstić information content (AvgIpc) is 2.69. The van der Waals surface area contributed by atoms with Gasteiger partial charge in [0.15, 0.2) is 6.61 Å². The Bertz CT molecular complexity index is 1040. The van der Waals surface area contributed by atoms with E-state index >= 15 is 0 Å². The molecule has 0 radical (unpaired) electrons. The summed E-state index contributed by atoms with van der Waals surface area (Å²) in [7, 11) is 0. The molecular weight excluding hydrogens is 554 g/mol. The van der Waals surface area contributed by atoms with Gasteiger partial charge in [-0.25, -0.2) is 5.43 Å². The van der Waals surface area contributed by atoms with E-state index in [-0.39, 0.29) is 23.1 Å². The van der Waals surface area contributed by atoms with Gasteiger partial charge in [-0.3, -0.25) is 14.9 Å². The van der Waals surface area contributed by atoms with Crippen molar-refractivity contribution in [3.63, 3.8) is 0 Å². The zero-order valence-corrected chi connectivity index (χ0v) is 22.8. The van der Waals surface area contributed by atoms with Crippen LogP contribution in [0.3, 0.4) is 0 Å². The number of nitro benzene ring substituents is 1. The molecule has 0 aliphatic rings. The molecule has 0 aliphatic heterocycles. The molecule has 2 aromatic rings. The molecule has 9 heteroatoms. The van der Waals surface area contributed by atoms with Crippen molar-refractivity contribution in [3.8, 4) is 5.75 Å². The monoisotopic (exact) mass is 581 g/mol. The van der Waals surface area contributed by atoms with Crippen LogP contribution in [0.5, 0.6) is 5.75 Å². The van der Waals surface area contributed by atoms with E-state index in [1.54, 1.807) is 19.1 Å². The Morgan fingerprint density at radius 1 is 1.09 bits per heavy atom. The van der Waals surface area contributed by atoms with Crippen LogP contribution in [0.2, 0.25) is 0 Å². The van der Waals surface area contributed by atoms with Crippen LogP contribution in [0, 0.1) is 15.5 Å². The van der Waals surface area contributed by atoms with Crippen molar-refractivity contribution in [1.29, 1.82) is 0 Å². The van der Waals surface area contributed by atoms with Crippen LogP contribution in [-0.4, -0.2) is 23.1 Å². The van der Waals surface area contributed by atoms with E-state index in [9.17, 15) is 14.9 Å². The maximum Gasteiger partial charge on any atom is 0.277 e. The molecule has 0 atom stereocenters. The van der Waals surface area contributed by atoms with E-state index in [1.807, 2.05) is 12.1 Å². The van der Waals surface area contributed by atoms with Crippen molar-refractivity contribution in [2.75, 3.05) is 6.61 Å². The quantitative estimate of drug-likeness (QED) is 0.211. The van der Waals surface area contributed by atoms with Gasteiger partial charge in [0.05, 0.1) is 19.6 Å². The zero-order valence-electron chi connectivity index (χ0n) is 19.7. The van der Waals surface area contributed by atoms with Crippen LogP contribution in [0.25, 0.3) is 0 Å². The summed E-state index contributed by atoms with van der Waals surface area (Å²) in [6, 6.07) is 10.00. The normalized spacial score (nSPS) is 12.4. The molecular formula is C24H29Br2N3O4. The number of amides is 1. The number of hydrogen-bond acceptors (Lipinski definition) is 5. The molecule has 1 N–H and O–H groups in total. The van der Waals surface area contributed by atoms with Crippen LogP contribution in [0.15, 0.2) is 50.4 Å². The lowest BCUT2D eigenvalue weighted by molar-refractivity contribution is -0.384. The van der Waals surface area contributed by atoms with Gasteiger partial charge in [0.25, 0.3) is 11.6 Å². The van der Waals surface area contributed by atoms with Gasteiger partial charge in [-0.2, -0.15) is 5.10 Å². The van der Waals surface area contributed by atoms with Crippen molar-refractivity contribution in [1.82, 2.24) is 5.43 Å². The largest absolute Gasteiger partial charge is 0.481 e. The number of hydrogen-bond donors (Lipinski definition) is 1. The fourth-order valence-corrected chi connectivity index (χ4v) is 5.14. The first-order valence-electron chi connectivity index (χ1n) is 10.4. The molecule has 0 bridgehead atoms. The number of hydrazone groups is 1. The SMILES string of the molecule is C/C(=N\NC(=O)COc1c(Br)cc(C(C)(C)CC(C)(C)C)cc1Br)c1ccc([N+](=O)[O-])cc1. The topological polar surface area (TPSA) is 93.8 Å². The van der Waals surface area contributed by atoms with Crippen LogP contribution in [0.4, 0.5) is 5.69 Å². The zero-order chi connectivity index (χ0) is 25.0. The minimum absolute atomic E-state index is 0.00653. The average molecular weight is 583 g/mol. The minimum atomic E-state index is -0.469. The maximum atomic E-state index is 12.2. The van der Waals surface area contributed by atoms with Crippen molar-refractivity contribution >= 4 is 49.2 Å². The van der Waals surface area contributed by atoms with Gasteiger partial charge in [0, 0.05) is 12.1 Å². The molecule has 0 unspecified atom stereocenters. The first kappa shape index (κ1) is 27.0.